The van der Waals surface area contributed by atoms with Crippen LogP contribution in [0.1, 0.15) is 27.7 Å². The monoisotopic (exact) mass is 584 g/mol. The first kappa shape index (κ1) is 32.0. The van der Waals surface area contributed by atoms with E-state index in [-0.39, 0.29) is 45.1 Å². The summed E-state index contributed by atoms with van der Waals surface area (Å²) in [7, 11) is 0. The normalized spacial score (nSPS) is 10.3. The van der Waals surface area contributed by atoms with Gasteiger partial charge in [0.1, 0.15) is 17.2 Å². The molecule has 0 aliphatic rings. The van der Waals surface area contributed by atoms with E-state index in [0.29, 0.717) is 16.7 Å². The third kappa shape index (κ3) is 8.01. The molecule has 0 amide bonds. The standard InChI is InChI=1S/C34H29FO8/c1-18(2)31(36)40-24-13-14-25(28(15-24)41-32(37)19(3)4)22-9-11-23(12-10-22)26-16-27(35)30(43-34(39)21(7)8)17-29(26)42-33(38)20(5)6/h9-17H,1,3,5,7H2,2,4,6,8H3. The summed E-state index contributed by atoms with van der Waals surface area (Å²) in [6.45, 7) is 20.0. The van der Waals surface area contributed by atoms with Gasteiger partial charge in [0.15, 0.2) is 11.6 Å². The van der Waals surface area contributed by atoms with Crippen LogP contribution in [-0.4, -0.2) is 23.9 Å². The minimum Gasteiger partial charge on any atom is -0.423 e. The first-order chi connectivity index (χ1) is 20.2. The van der Waals surface area contributed by atoms with E-state index < -0.39 is 35.4 Å². The maximum Gasteiger partial charge on any atom is 0.338 e. The molecule has 3 aromatic rings. The van der Waals surface area contributed by atoms with Gasteiger partial charge in [-0.2, -0.15) is 0 Å². The Balaban J connectivity index is 2.07. The van der Waals surface area contributed by atoms with Crippen molar-refractivity contribution in [3.8, 4) is 45.3 Å². The number of ether oxygens (including phenoxy) is 4. The highest BCUT2D eigenvalue weighted by molar-refractivity contribution is 5.93. The van der Waals surface area contributed by atoms with Gasteiger partial charge in [-0.25, -0.2) is 23.6 Å². The van der Waals surface area contributed by atoms with Gasteiger partial charge >= 0.3 is 23.9 Å². The zero-order chi connectivity index (χ0) is 32.0. The summed E-state index contributed by atoms with van der Waals surface area (Å²) in [6.07, 6.45) is 0. The summed E-state index contributed by atoms with van der Waals surface area (Å²) in [5.41, 5.74) is 2.17. The molecule has 0 aliphatic heterocycles. The maximum absolute atomic E-state index is 15.0. The zero-order valence-corrected chi connectivity index (χ0v) is 24.2. The van der Waals surface area contributed by atoms with Crippen molar-refractivity contribution in [2.24, 2.45) is 0 Å². The SMILES string of the molecule is C=C(C)C(=O)Oc1ccc(-c2ccc(-c3cc(F)c(OC(=O)C(=C)C)cc3OC(=O)C(=C)C)cc2)c(OC(=O)C(=C)C)c1. The van der Waals surface area contributed by atoms with Crippen LogP contribution >= 0.6 is 0 Å². The van der Waals surface area contributed by atoms with E-state index in [1.165, 1.54) is 39.8 Å². The quantitative estimate of drug-likeness (QED) is 0.141. The molecule has 9 heteroatoms. The van der Waals surface area contributed by atoms with Crippen LogP contribution in [0, 0.1) is 5.82 Å². The number of carbonyl (C=O) groups is 4. The zero-order valence-electron chi connectivity index (χ0n) is 24.2. The third-order valence-corrected chi connectivity index (χ3v) is 5.71. The molecule has 0 N–H and O–H groups in total. The molecule has 0 heterocycles. The Bertz CT molecular complexity index is 1700. The van der Waals surface area contributed by atoms with Gasteiger partial charge in [-0.05, 0) is 57.0 Å². The maximum atomic E-state index is 15.0. The van der Waals surface area contributed by atoms with Gasteiger partial charge in [-0.1, -0.05) is 50.6 Å². The first-order valence-electron chi connectivity index (χ1n) is 12.8. The summed E-state index contributed by atoms with van der Waals surface area (Å²) >= 11 is 0. The lowest BCUT2D eigenvalue weighted by molar-refractivity contribution is -0.131. The predicted octanol–water partition coefficient (Wildman–Crippen LogP) is 7.09. The molecule has 3 aromatic carbocycles. The van der Waals surface area contributed by atoms with E-state index in [1.54, 1.807) is 30.3 Å². The van der Waals surface area contributed by atoms with Crippen LogP contribution in [0.25, 0.3) is 22.3 Å². The van der Waals surface area contributed by atoms with Gasteiger partial charge in [-0.15, -0.1) is 0 Å². The van der Waals surface area contributed by atoms with Crippen LogP contribution in [0.15, 0.2) is 103 Å². The van der Waals surface area contributed by atoms with Crippen molar-refractivity contribution in [3.63, 3.8) is 0 Å². The van der Waals surface area contributed by atoms with Crippen LogP contribution in [0.2, 0.25) is 0 Å². The van der Waals surface area contributed by atoms with Gasteiger partial charge in [-0.3, -0.25) is 0 Å². The average molecular weight is 585 g/mol. The number of carbonyl (C=O) groups excluding carboxylic acids is 4. The van der Waals surface area contributed by atoms with Gasteiger partial charge in [0.25, 0.3) is 0 Å². The smallest absolute Gasteiger partial charge is 0.338 e. The van der Waals surface area contributed by atoms with Gasteiger partial charge in [0.05, 0.1) is 0 Å². The van der Waals surface area contributed by atoms with Crippen molar-refractivity contribution in [2.45, 2.75) is 27.7 Å². The summed E-state index contributed by atoms with van der Waals surface area (Å²) in [5.74, 6) is -4.13. The van der Waals surface area contributed by atoms with Gasteiger partial charge in [0.2, 0.25) is 0 Å². The van der Waals surface area contributed by atoms with Crippen molar-refractivity contribution in [1.82, 2.24) is 0 Å². The number of halogens is 1. The van der Waals surface area contributed by atoms with E-state index in [1.807, 2.05) is 0 Å². The summed E-state index contributed by atoms with van der Waals surface area (Å²) in [5, 5.41) is 0. The van der Waals surface area contributed by atoms with E-state index in [4.69, 9.17) is 18.9 Å². The molecule has 3 rings (SSSR count). The van der Waals surface area contributed by atoms with Crippen molar-refractivity contribution in [1.29, 1.82) is 0 Å². The van der Waals surface area contributed by atoms with Crippen LogP contribution in [0.5, 0.6) is 23.0 Å². The molecular formula is C34H29FO8. The molecule has 0 bridgehead atoms. The van der Waals surface area contributed by atoms with Crippen LogP contribution in [0.4, 0.5) is 4.39 Å². The second-order valence-corrected chi connectivity index (χ2v) is 9.69. The fraction of sp³-hybridized carbons (Fsp3) is 0.118. The Morgan fingerprint density at radius 2 is 0.907 bits per heavy atom. The second kappa shape index (κ2) is 13.4. The average Bonchev–Trinajstić information content (AvgIpc) is 2.94. The fourth-order valence-corrected chi connectivity index (χ4v) is 3.40. The van der Waals surface area contributed by atoms with Crippen LogP contribution in [-0.2, 0) is 19.2 Å². The van der Waals surface area contributed by atoms with Crippen molar-refractivity contribution in [3.05, 3.63) is 109 Å². The van der Waals surface area contributed by atoms with Crippen molar-refractivity contribution in [2.75, 3.05) is 0 Å². The van der Waals surface area contributed by atoms with Crippen LogP contribution in [0.3, 0.4) is 0 Å². The molecule has 220 valence electrons. The lowest BCUT2D eigenvalue weighted by Crippen LogP contribution is -2.12. The molecule has 0 atom stereocenters. The lowest BCUT2D eigenvalue weighted by atomic mass is 9.98. The number of rotatable bonds is 10. The fourth-order valence-electron chi connectivity index (χ4n) is 3.40. The molecule has 0 saturated heterocycles. The third-order valence-electron chi connectivity index (χ3n) is 5.71. The van der Waals surface area contributed by atoms with Gasteiger partial charge in [0, 0.05) is 45.6 Å². The second-order valence-electron chi connectivity index (χ2n) is 9.69. The Hall–Kier alpha value is -5.57. The lowest BCUT2D eigenvalue weighted by Gasteiger charge is -2.15. The number of esters is 4. The summed E-state index contributed by atoms with van der Waals surface area (Å²) in [4.78, 5) is 48.7. The molecule has 0 aromatic heterocycles. The van der Waals surface area contributed by atoms with Crippen LogP contribution < -0.4 is 18.9 Å². The molecular weight excluding hydrogens is 555 g/mol. The topological polar surface area (TPSA) is 105 Å². The van der Waals surface area contributed by atoms with E-state index in [2.05, 4.69) is 26.3 Å². The summed E-state index contributed by atoms with van der Waals surface area (Å²) in [6, 6.07) is 13.3. The number of benzene rings is 3. The highest BCUT2D eigenvalue weighted by Crippen LogP contribution is 2.39. The number of hydrogen-bond acceptors (Lipinski definition) is 8. The molecule has 0 fully saturated rings. The Labute approximate surface area is 248 Å². The van der Waals surface area contributed by atoms with E-state index in [0.717, 1.165) is 12.1 Å². The Morgan fingerprint density at radius 3 is 1.37 bits per heavy atom. The molecule has 43 heavy (non-hydrogen) atoms. The predicted molar refractivity (Wildman–Crippen MR) is 159 cm³/mol. The molecule has 0 aliphatic carbocycles. The largest absolute Gasteiger partial charge is 0.423 e. The van der Waals surface area contributed by atoms with Crippen molar-refractivity contribution >= 4 is 23.9 Å². The van der Waals surface area contributed by atoms with Gasteiger partial charge < -0.3 is 18.9 Å². The minimum absolute atomic E-state index is 0.0508. The minimum atomic E-state index is -0.877. The van der Waals surface area contributed by atoms with E-state index in [9.17, 15) is 19.2 Å². The molecule has 0 saturated carbocycles. The molecule has 8 nitrogen and oxygen atoms in total. The summed E-state index contributed by atoms with van der Waals surface area (Å²) < 4.78 is 36.3. The van der Waals surface area contributed by atoms with E-state index >= 15 is 4.39 Å². The molecule has 0 spiro atoms. The Kier molecular flexibility index (Phi) is 9.95. The highest BCUT2D eigenvalue weighted by Gasteiger charge is 2.20. The first-order valence-corrected chi connectivity index (χ1v) is 12.8. The highest BCUT2D eigenvalue weighted by atomic mass is 19.1. The van der Waals surface area contributed by atoms with Crippen molar-refractivity contribution < 1.29 is 42.5 Å². The number of hydrogen-bond donors (Lipinski definition) is 0. The molecule has 0 unspecified atom stereocenters. The Morgan fingerprint density at radius 1 is 0.512 bits per heavy atom. The molecule has 0 radical (unpaired) electrons.